The summed E-state index contributed by atoms with van der Waals surface area (Å²) >= 11 is 0. The number of aromatic nitrogens is 5. The SMILES string of the molecule is CNc1nc(N)nc2cnn(Cc3ncc(C4CC5(CCN(C6CCOCC6)CC5)C4)cc3OC)c12. The molecule has 0 amide bonds. The van der Waals surface area contributed by atoms with E-state index in [-0.39, 0.29) is 5.95 Å². The first kappa shape index (κ1) is 23.4. The van der Waals surface area contributed by atoms with Crippen molar-refractivity contribution in [1.82, 2.24) is 29.6 Å². The van der Waals surface area contributed by atoms with E-state index in [1.807, 2.05) is 17.9 Å². The summed E-state index contributed by atoms with van der Waals surface area (Å²) in [6.07, 6.45) is 11.3. The first-order chi connectivity index (χ1) is 17.6. The Morgan fingerprint density at radius 1 is 1.17 bits per heavy atom. The zero-order valence-electron chi connectivity index (χ0n) is 21.2. The summed E-state index contributed by atoms with van der Waals surface area (Å²) in [6.45, 7) is 4.79. The maximum absolute atomic E-state index is 5.83. The normalized spacial score (nSPS) is 21.1. The molecule has 0 radical (unpaired) electrons. The molecule has 3 aliphatic rings. The lowest BCUT2D eigenvalue weighted by Crippen LogP contribution is -2.50. The molecule has 3 aromatic heterocycles. The minimum absolute atomic E-state index is 0.221. The Balaban J connectivity index is 1.13. The second-order valence-electron chi connectivity index (χ2n) is 10.6. The summed E-state index contributed by atoms with van der Waals surface area (Å²) in [4.78, 5) is 16.1. The zero-order chi connectivity index (χ0) is 24.7. The standard InChI is InChI=1S/C26H36N8O2/c1-28-24-23-20(31-25(27)32-24)15-30-34(23)16-21-22(35-2)11-17(14-29-21)18-12-26(13-18)5-7-33(8-6-26)19-3-9-36-10-4-19/h11,14-15,18-19H,3-10,12-13,16H2,1-2H3,(H3,27,28,31,32). The van der Waals surface area contributed by atoms with Crippen molar-refractivity contribution in [3.8, 4) is 5.75 Å². The fraction of sp³-hybridized carbons (Fsp3) is 0.615. The molecule has 0 unspecified atom stereocenters. The monoisotopic (exact) mass is 492 g/mol. The van der Waals surface area contributed by atoms with Gasteiger partial charge in [0.25, 0.3) is 0 Å². The summed E-state index contributed by atoms with van der Waals surface area (Å²) in [7, 11) is 3.52. The predicted octanol–water partition coefficient (Wildman–Crippen LogP) is 3.04. The van der Waals surface area contributed by atoms with Gasteiger partial charge < -0.3 is 25.4 Å². The third-order valence-corrected chi connectivity index (χ3v) is 8.61. The van der Waals surface area contributed by atoms with E-state index in [9.17, 15) is 0 Å². The largest absolute Gasteiger partial charge is 0.495 e. The van der Waals surface area contributed by atoms with Crippen LogP contribution in [0.2, 0.25) is 0 Å². The molecule has 1 spiro atoms. The van der Waals surface area contributed by atoms with Crippen LogP contribution in [0.25, 0.3) is 11.0 Å². The van der Waals surface area contributed by atoms with E-state index in [0.29, 0.717) is 29.2 Å². The lowest BCUT2D eigenvalue weighted by atomic mass is 9.56. The molecule has 3 fully saturated rings. The van der Waals surface area contributed by atoms with Crippen molar-refractivity contribution < 1.29 is 9.47 Å². The zero-order valence-corrected chi connectivity index (χ0v) is 21.2. The summed E-state index contributed by atoms with van der Waals surface area (Å²) in [5.41, 5.74) is 9.95. The van der Waals surface area contributed by atoms with Gasteiger partial charge in [-0.1, -0.05) is 0 Å². The summed E-state index contributed by atoms with van der Waals surface area (Å²) in [5.74, 6) is 2.23. The molecule has 3 N–H and O–H groups in total. The number of nitrogens with one attached hydrogen (secondary N) is 1. The topological polar surface area (TPSA) is 116 Å². The summed E-state index contributed by atoms with van der Waals surface area (Å²) in [5, 5.41) is 7.60. The molecular formula is C26H36N8O2. The maximum Gasteiger partial charge on any atom is 0.222 e. The Morgan fingerprint density at radius 2 is 1.94 bits per heavy atom. The molecule has 6 rings (SSSR count). The molecule has 10 nitrogen and oxygen atoms in total. The van der Waals surface area contributed by atoms with Gasteiger partial charge in [-0.3, -0.25) is 9.67 Å². The minimum Gasteiger partial charge on any atom is -0.495 e. The molecule has 0 atom stereocenters. The third-order valence-electron chi connectivity index (χ3n) is 8.61. The van der Waals surface area contributed by atoms with Gasteiger partial charge in [-0.2, -0.15) is 10.1 Å². The second-order valence-corrected chi connectivity index (χ2v) is 10.6. The van der Waals surface area contributed by atoms with Gasteiger partial charge in [0.1, 0.15) is 22.5 Å². The van der Waals surface area contributed by atoms with Crippen LogP contribution in [0.4, 0.5) is 11.8 Å². The average Bonchev–Trinajstić information content (AvgIpc) is 3.30. The van der Waals surface area contributed by atoms with E-state index >= 15 is 0 Å². The summed E-state index contributed by atoms with van der Waals surface area (Å²) in [6, 6.07) is 2.91. The molecule has 36 heavy (non-hydrogen) atoms. The number of nitrogens with two attached hydrogens (primary N) is 1. The predicted molar refractivity (Wildman–Crippen MR) is 138 cm³/mol. The van der Waals surface area contributed by atoms with Crippen molar-refractivity contribution in [2.45, 2.75) is 57.0 Å². The van der Waals surface area contributed by atoms with Crippen LogP contribution in [0.1, 0.15) is 55.7 Å². The van der Waals surface area contributed by atoms with Crippen LogP contribution in [-0.4, -0.2) is 76.1 Å². The number of hydrogen-bond donors (Lipinski definition) is 2. The Bertz CT molecular complexity index is 1220. The first-order valence-corrected chi connectivity index (χ1v) is 13.1. The molecule has 1 aliphatic carbocycles. The van der Waals surface area contributed by atoms with Crippen LogP contribution >= 0.6 is 0 Å². The maximum atomic E-state index is 5.83. The molecular weight excluding hydrogens is 456 g/mol. The molecule has 0 bridgehead atoms. The molecule has 0 aromatic carbocycles. The van der Waals surface area contributed by atoms with Crippen molar-refractivity contribution in [3.05, 3.63) is 29.7 Å². The van der Waals surface area contributed by atoms with E-state index in [0.717, 1.165) is 36.2 Å². The first-order valence-electron chi connectivity index (χ1n) is 13.1. The number of rotatable bonds is 6. The number of methoxy groups -OCH3 is 1. The molecule has 2 saturated heterocycles. The second kappa shape index (κ2) is 9.48. The number of piperidine rings is 1. The van der Waals surface area contributed by atoms with E-state index < -0.39 is 0 Å². The van der Waals surface area contributed by atoms with Crippen molar-refractivity contribution in [2.75, 3.05) is 51.5 Å². The highest BCUT2D eigenvalue weighted by molar-refractivity contribution is 5.86. The number of pyridine rings is 1. The number of nitrogen functional groups attached to an aromatic ring is 1. The fourth-order valence-electron chi connectivity index (χ4n) is 6.50. The van der Waals surface area contributed by atoms with Crippen LogP contribution in [0.15, 0.2) is 18.5 Å². The Hall–Kier alpha value is -2.98. The number of anilines is 2. The molecule has 2 aliphatic heterocycles. The number of hydrogen-bond acceptors (Lipinski definition) is 9. The number of fused-ring (bicyclic) bond motifs is 1. The van der Waals surface area contributed by atoms with E-state index in [4.69, 9.17) is 20.2 Å². The van der Waals surface area contributed by atoms with Crippen LogP contribution < -0.4 is 15.8 Å². The van der Waals surface area contributed by atoms with Crippen molar-refractivity contribution in [3.63, 3.8) is 0 Å². The van der Waals surface area contributed by atoms with Gasteiger partial charge >= 0.3 is 0 Å². The van der Waals surface area contributed by atoms with Crippen LogP contribution in [0, 0.1) is 5.41 Å². The minimum atomic E-state index is 0.221. The third kappa shape index (κ3) is 4.26. The molecule has 192 valence electrons. The quantitative estimate of drug-likeness (QED) is 0.535. The highest BCUT2D eigenvalue weighted by Crippen LogP contribution is 2.57. The number of nitrogens with zero attached hydrogens (tertiary/aromatic N) is 6. The van der Waals surface area contributed by atoms with Crippen molar-refractivity contribution >= 4 is 22.8 Å². The van der Waals surface area contributed by atoms with E-state index in [1.165, 1.54) is 57.2 Å². The molecule has 10 heteroatoms. The smallest absolute Gasteiger partial charge is 0.222 e. The van der Waals surface area contributed by atoms with Gasteiger partial charge in [0.15, 0.2) is 5.82 Å². The van der Waals surface area contributed by atoms with Gasteiger partial charge in [0, 0.05) is 32.5 Å². The van der Waals surface area contributed by atoms with Gasteiger partial charge in [-0.15, -0.1) is 0 Å². The van der Waals surface area contributed by atoms with Crippen LogP contribution in [0.3, 0.4) is 0 Å². The highest BCUT2D eigenvalue weighted by atomic mass is 16.5. The van der Waals surface area contributed by atoms with Crippen molar-refractivity contribution in [1.29, 1.82) is 0 Å². The van der Waals surface area contributed by atoms with Crippen LogP contribution in [0.5, 0.6) is 5.75 Å². The fourth-order valence-corrected chi connectivity index (χ4v) is 6.50. The van der Waals surface area contributed by atoms with Gasteiger partial charge in [0.2, 0.25) is 5.95 Å². The lowest BCUT2D eigenvalue weighted by molar-refractivity contribution is -0.0259. The molecule has 1 saturated carbocycles. The van der Waals surface area contributed by atoms with Crippen molar-refractivity contribution in [2.24, 2.45) is 5.41 Å². The molecule has 5 heterocycles. The molecule has 3 aromatic rings. The lowest BCUT2D eigenvalue weighted by Gasteiger charge is -2.53. The number of likely N-dealkylation sites (tertiary alicyclic amines) is 1. The Labute approximate surface area is 211 Å². The summed E-state index contributed by atoms with van der Waals surface area (Å²) < 4.78 is 13.2. The number of ether oxygens (including phenoxy) is 2. The van der Waals surface area contributed by atoms with E-state index in [1.54, 1.807) is 13.3 Å². The van der Waals surface area contributed by atoms with Gasteiger partial charge in [-0.25, -0.2) is 4.98 Å². The van der Waals surface area contributed by atoms with E-state index in [2.05, 4.69) is 31.3 Å². The van der Waals surface area contributed by atoms with Gasteiger partial charge in [0.05, 0.1) is 19.9 Å². The Kier molecular flexibility index (Phi) is 6.17. The average molecular weight is 493 g/mol. The van der Waals surface area contributed by atoms with Crippen LogP contribution in [-0.2, 0) is 11.3 Å². The van der Waals surface area contributed by atoms with Gasteiger partial charge in [-0.05, 0) is 74.6 Å². The Morgan fingerprint density at radius 3 is 2.67 bits per heavy atom. The highest BCUT2D eigenvalue weighted by Gasteiger charge is 2.47.